The molecule has 102 valence electrons. The minimum atomic E-state index is 0.122. The molecular formula is C18H19NO. The molecule has 1 aliphatic carbocycles. The topological polar surface area (TPSA) is 29.1 Å². The maximum absolute atomic E-state index is 12.1. The van der Waals surface area contributed by atoms with Crippen LogP contribution in [0.4, 0.5) is 0 Å². The number of rotatable bonds is 3. The van der Waals surface area contributed by atoms with Crippen LogP contribution in [0.3, 0.4) is 0 Å². The van der Waals surface area contributed by atoms with Gasteiger partial charge in [0.2, 0.25) is 5.91 Å². The Morgan fingerprint density at radius 3 is 2.00 bits per heavy atom. The van der Waals surface area contributed by atoms with Gasteiger partial charge in [-0.15, -0.1) is 0 Å². The minimum Gasteiger partial charge on any atom is -0.354 e. The first-order chi connectivity index (χ1) is 9.66. The molecule has 3 rings (SSSR count). The molecule has 2 aromatic rings. The van der Waals surface area contributed by atoms with E-state index in [0.29, 0.717) is 6.42 Å². The largest absolute Gasteiger partial charge is 0.354 e. The number of hydrogen-bond donors (Lipinski definition) is 1. The summed E-state index contributed by atoms with van der Waals surface area (Å²) >= 11 is 0. The fourth-order valence-corrected chi connectivity index (χ4v) is 3.05. The van der Waals surface area contributed by atoms with Crippen LogP contribution in [-0.4, -0.2) is 11.9 Å². The molecule has 1 aliphatic rings. The molecule has 0 aliphatic heterocycles. The van der Waals surface area contributed by atoms with Crippen molar-refractivity contribution in [1.82, 2.24) is 5.32 Å². The third-order valence-corrected chi connectivity index (χ3v) is 3.80. The van der Waals surface area contributed by atoms with E-state index >= 15 is 0 Å². The van der Waals surface area contributed by atoms with Crippen molar-refractivity contribution in [2.45, 2.75) is 32.2 Å². The lowest BCUT2D eigenvalue weighted by Crippen LogP contribution is -2.31. The number of nitrogens with one attached hydrogen (secondary N) is 1. The monoisotopic (exact) mass is 265 g/mol. The maximum Gasteiger partial charge on any atom is 0.221 e. The van der Waals surface area contributed by atoms with E-state index in [1.54, 1.807) is 0 Å². The summed E-state index contributed by atoms with van der Waals surface area (Å²) in [6.07, 6.45) is 0.520. The molecule has 1 N–H and O–H groups in total. The van der Waals surface area contributed by atoms with Crippen LogP contribution in [0.25, 0.3) is 11.1 Å². The summed E-state index contributed by atoms with van der Waals surface area (Å²) in [4.78, 5) is 12.1. The van der Waals surface area contributed by atoms with Crippen LogP contribution in [0.2, 0.25) is 0 Å². The van der Waals surface area contributed by atoms with Crippen molar-refractivity contribution in [1.29, 1.82) is 0 Å². The van der Waals surface area contributed by atoms with Gasteiger partial charge < -0.3 is 5.32 Å². The Morgan fingerprint density at radius 1 is 1.00 bits per heavy atom. The standard InChI is InChI=1S/C18H19NO/c1-12(2)19-18(20)11-17-15-9-5-3-7-13(15)14-8-4-6-10-16(14)17/h3-10,12,17H,11H2,1-2H3,(H,19,20). The van der Waals surface area contributed by atoms with Crippen molar-refractivity contribution < 1.29 is 4.79 Å². The number of amides is 1. The first-order valence-corrected chi connectivity index (χ1v) is 7.14. The molecule has 0 saturated carbocycles. The zero-order valence-corrected chi connectivity index (χ0v) is 11.9. The van der Waals surface area contributed by atoms with E-state index in [0.717, 1.165) is 0 Å². The lowest BCUT2D eigenvalue weighted by atomic mass is 9.93. The van der Waals surface area contributed by atoms with Crippen LogP contribution < -0.4 is 5.32 Å². The van der Waals surface area contributed by atoms with Crippen molar-refractivity contribution in [3.8, 4) is 11.1 Å². The average Bonchev–Trinajstić information content (AvgIpc) is 2.73. The Morgan fingerprint density at radius 2 is 1.50 bits per heavy atom. The quantitative estimate of drug-likeness (QED) is 0.900. The predicted molar refractivity (Wildman–Crippen MR) is 81.6 cm³/mol. The third kappa shape index (κ3) is 2.22. The Kier molecular flexibility index (Phi) is 3.31. The Bertz CT molecular complexity index is 600. The van der Waals surface area contributed by atoms with E-state index < -0.39 is 0 Å². The van der Waals surface area contributed by atoms with E-state index in [1.807, 2.05) is 13.8 Å². The second-order valence-corrected chi connectivity index (χ2v) is 5.65. The van der Waals surface area contributed by atoms with Crippen molar-refractivity contribution in [3.63, 3.8) is 0 Å². The molecular weight excluding hydrogens is 246 g/mol. The smallest absolute Gasteiger partial charge is 0.221 e. The fraction of sp³-hybridized carbons (Fsp3) is 0.278. The molecule has 0 spiro atoms. The van der Waals surface area contributed by atoms with Gasteiger partial charge in [-0.1, -0.05) is 48.5 Å². The molecule has 0 aromatic heterocycles. The fourth-order valence-electron chi connectivity index (χ4n) is 3.05. The van der Waals surface area contributed by atoms with E-state index in [4.69, 9.17) is 0 Å². The highest BCUT2D eigenvalue weighted by atomic mass is 16.1. The van der Waals surface area contributed by atoms with Crippen LogP contribution in [0.1, 0.15) is 37.3 Å². The van der Waals surface area contributed by atoms with Gasteiger partial charge in [-0.3, -0.25) is 4.79 Å². The maximum atomic E-state index is 12.1. The highest BCUT2D eigenvalue weighted by molar-refractivity contribution is 5.84. The number of benzene rings is 2. The lowest BCUT2D eigenvalue weighted by molar-refractivity contribution is -0.121. The van der Waals surface area contributed by atoms with Crippen molar-refractivity contribution in [2.24, 2.45) is 0 Å². The number of carbonyl (C=O) groups excluding carboxylic acids is 1. The van der Waals surface area contributed by atoms with E-state index in [2.05, 4.69) is 53.8 Å². The summed E-state index contributed by atoms with van der Waals surface area (Å²) in [5, 5.41) is 2.99. The van der Waals surface area contributed by atoms with Gasteiger partial charge in [0, 0.05) is 18.4 Å². The Hall–Kier alpha value is -2.09. The van der Waals surface area contributed by atoms with Crippen molar-refractivity contribution in [2.75, 3.05) is 0 Å². The lowest BCUT2D eigenvalue weighted by Gasteiger charge is -2.15. The number of hydrogen-bond acceptors (Lipinski definition) is 1. The van der Waals surface area contributed by atoms with E-state index in [-0.39, 0.29) is 17.9 Å². The SMILES string of the molecule is CC(C)NC(=O)CC1c2ccccc2-c2ccccc21. The van der Waals surface area contributed by atoms with Gasteiger partial charge in [0.25, 0.3) is 0 Å². The molecule has 0 unspecified atom stereocenters. The van der Waals surface area contributed by atoms with E-state index in [9.17, 15) is 4.79 Å². The molecule has 0 radical (unpaired) electrons. The van der Waals surface area contributed by atoms with Crippen LogP contribution in [-0.2, 0) is 4.79 Å². The summed E-state index contributed by atoms with van der Waals surface area (Å²) in [5.74, 6) is 0.303. The highest BCUT2D eigenvalue weighted by Gasteiger charge is 2.29. The third-order valence-electron chi connectivity index (χ3n) is 3.80. The highest BCUT2D eigenvalue weighted by Crippen LogP contribution is 2.45. The Labute approximate surface area is 119 Å². The first kappa shape index (κ1) is 12.9. The number of fused-ring (bicyclic) bond motifs is 3. The molecule has 2 nitrogen and oxygen atoms in total. The summed E-state index contributed by atoms with van der Waals surface area (Å²) in [7, 11) is 0. The summed E-state index contributed by atoms with van der Waals surface area (Å²) in [6, 6.07) is 17.0. The minimum absolute atomic E-state index is 0.122. The molecule has 0 fully saturated rings. The molecule has 0 heterocycles. The van der Waals surface area contributed by atoms with Gasteiger partial charge >= 0.3 is 0 Å². The molecule has 0 bridgehead atoms. The average molecular weight is 265 g/mol. The summed E-state index contributed by atoms with van der Waals surface area (Å²) in [6.45, 7) is 3.99. The zero-order valence-electron chi connectivity index (χ0n) is 11.9. The van der Waals surface area contributed by atoms with Gasteiger partial charge in [0.1, 0.15) is 0 Å². The molecule has 1 amide bonds. The normalized spacial score (nSPS) is 13.2. The van der Waals surface area contributed by atoms with Gasteiger partial charge in [0.05, 0.1) is 0 Å². The summed E-state index contributed by atoms with van der Waals surface area (Å²) < 4.78 is 0. The van der Waals surface area contributed by atoms with Gasteiger partial charge in [-0.05, 0) is 36.1 Å². The number of carbonyl (C=O) groups is 1. The zero-order chi connectivity index (χ0) is 14.1. The molecule has 20 heavy (non-hydrogen) atoms. The molecule has 0 atom stereocenters. The van der Waals surface area contributed by atoms with Crippen molar-refractivity contribution in [3.05, 3.63) is 59.7 Å². The van der Waals surface area contributed by atoms with E-state index in [1.165, 1.54) is 22.3 Å². The summed E-state index contributed by atoms with van der Waals surface area (Å²) in [5.41, 5.74) is 5.08. The molecule has 0 saturated heterocycles. The molecule has 2 aromatic carbocycles. The second-order valence-electron chi connectivity index (χ2n) is 5.65. The Balaban J connectivity index is 1.97. The van der Waals surface area contributed by atoms with Crippen LogP contribution >= 0.6 is 0 Å². The second kappa shape index (κ2) is 5.12. The van der Waals surface area contributed by atoms with Crippen LogP contribution in [0.5, 0.6) is 0 Å². The van der Waals surface area contributed by atoms with Crippen LogP contribution in [0, 0.1) is 0 Å². The molecule has 2 heteroatoms. The predicted octanol–water partition coefficient (Wildman–Crippen LogP) is 3.71. The first-order valence-electron chi connectivity index (χ1n) is 7.14. The van der Waals surface area contributed by atoms with Gasteiger partial charge in [-0.2, -0.15) is 0 Å². The van der Waals surface area contributed by atoms with Gasteiger partial charge in [0.15, 0.2) is 0 Å². The van der Waals surface area contributed by atoms with Crippen LogP contribution in [0.15, 0.2) is 48.5 Å². The van der Waals surface area contributed by atoms with Crippen molar-refractivity contribution >= 4 is 5.91 Å². The van der Waals surface area contributed by atoms with Gasteiger partial charge in [-0.25, -0.2) is 0 Å².